The van der Waals surface area contributed by atoms with E-state index in [4.69, 9.17) is 0 Å². The maximum absolute atomic E-state index is 11.1. The highest BCUT2D eigenvalue weighted by molar-refractivity contribution is 5.91. The fourth-order valence-corrected chi connectivity index (χ4v) is 2.37. The van der Waals surface area contributed by atoms with Gasteiger partial charge in [0, 0.05) is 6.42 Å². The second kappa shape index (κ2) is 2.43. The minimum absolute atomic E-state index is 0.235. The van der Waals surface area contributed by atoms with Crippen LogP contribution >= 0.6 is 0 Å². The van der Waals surface area contributed by atoms with Gasteiger partial charge in [0.2, 0.25) is 0 Å². The van der Waals surface area contributed by atoms with Crippen LogP contribution in [0.2, 0.25) is 0 Å². The van der Waals surface area contributed by atoms with Crippen molar-refractivity contribution in [3.63, 3.8) is 0 Å². The number of carbonyl (C=O) groups excluding carboxylic acids is 1. The summed E-state index contributed by atoms with van der Waals surface area (Å²) in [5.74, 6) is 0.719. The molecular formula is C10H14O2. The summed E-state index contributed by atoms with van der Waals surface area (Å²) >= 11 is 0. The van der Waals surface area contributed by atoms with Crippen LogP contribution in [0.25, 0.3) is 0 Å². The van der Waals surface area contributed by atoms with E-state index in [1.54, 1.807) is 6.08 Å². The van der Waals surface area contributed by atoms with Gasteiger partial charge in [-0.2, -0.15) is 0 Å². The summed E-state index contributed by atoms with van der Waals surface area (Å²) in [6.07, 6.45) is 4.90. The molecule has 0 aromatic heterocycles. The lowest BCUT2D eigenvalue weighted by molar-refractivity contribution is -0.115. The van der Waals surface area contributed by atoms with Crippen molar-refractivity contribution in [1.82, 2.24) is 0 Å². The molecule has 2 atom stereocenters. The number of aliphatic hydroxyl groups is 1. The lowest BCUT2D eigenvalue weighted by Crippen LogP contribution is -2.18. The number of rotatable bonds is 0. The van der Waals surface area contributed by atoms with Crippen LogP contribution in [0.1, 0.15) is 32.6 Å². The van der Waals surface area contributed by atoms with Crippen LogP contribution in [0.3, 0.4) is 0 Å². The molecular weight excluding hydrogens is 152 g/mol. The van der Waals surface area contributed by atoms with Crippen molar-refractivity contribution in [2.75, 3.05) is 0 Å². The highest BCUT2D eigenvalue weighted by Crippen LogP contribution is 2.42. The van der Waals surface area contributed by atoms with Crippen LogP contribution in [0.4, 0.5) is 0 Å². The van der Waals surface area contributed by atoms with Gasteiger partial charge >= 0.3 is 0 Å². The Hall–Kier alpha value is -0.630. The molecule has 1 fully saturated rings. The zero-order valence-corrected chi connectivity index (χ0v) is 7.34. The van der Waals surface area contributed by atoms with Crippen molar-refractivity contribution in [3.05, 3.63) is 11.6 Å². The van der Waals surface area contributed by atoms with Crippen LogP contribution in [-0.4, -0.2) is 16.5 Å². The van der Waals surface area contributed by atoms with Crippen LogP contribution in [0.5, 0.6) is 0 Å². The van der Waals surface area contributed by atoms with Gasteiger partial charge in [-0.05, 0) is 38.2 Å². The molecule has 0 amide bonds. The topological polar surface area (TPSA) is 37.3 Å². The second-order valence-electron chi connectivity index (χ2n) is 4.30. The molecule has 0 saturated heterocycles. The third-order valence-corrected chi connectivity index (χ3v) is 2.88. The lowest BCUT2D eigenvalue weighted by Gasteiger charge is -2.16. The molecule has 0 aromatic rings. The van der Waals surface area contributed by atoms with E-state index in [1.165, 1.54) is 5.57 Å². The Bertz CT molecular complexity index is 251. The number of allylic oxidation sites excluding steroid dienone is 1. The fraction of sp³-hybridized carbons (Fsp3) is 0.700. The van der Waals surface area contributed by atoms with Crippen LogP contribution < -0.4 is 0 Å². The van der Waals surface area contributed by atoms with E-state index in [1.807, 2.05) is 6.92 Å². The first-order valence-corrected chi connectivity index (χ1v) is 4.52. The Balaban J connectivity index is 2.24. The minimum atomic E-state index is -0.554. The van der Waals surface area contributed by atoms with E-state index in [9.17, 15) is 9.90 Å². The van der Waals surface area contributed by atoms with E-state index < -0.39 is 5.60 Å². The van der Waals surface area contributed by atoms with Crippen molar-refractivity contribution in [2.45, 2.75) is 38.2 Å². The summed E-state index contributed by atoms with van der Waals surface area (Å²) < 4.78 is 0. The predicted octanol–water partition coefficient (Wildman–Crippen LogP) is 1.44. The monoisotopic (exact) mass is 166 g/mol. The Morgan fingerprint density at radius 1 is 1.67 bits per heavy atom. The third-order valence-electron chi connectivity index (χ3n) is 2.88. The molecule has 2 heteroatoms. The predicted molar refractivity (Wildman–Crippen MR) is 45.7 cm³/mol. The van der Waals surface area contributed by atoms with E-state index in [0.717, 1.165) is 12.8 Å². The molecule has 0 radical (unpaired) electrons. The third kappa shape index (κ3) is 1.31. The first-order valence-electron chi connectivity index (χ1n) is 4.52. The van der Waals surface area contributed by atoms with Crippen LogP contribution in [-0.2, 0) is 4.79 Å². The molecule has 12 heavy (non-hydrogen) atoms. The normalized spacial score (nSPS) is 41.0. The largest absolute Gasteiger partial charge is 0.390 e. The highest BCUT2D eigenvalue weighted by atomic mass is 16.3. The van der Waals surface area contributed by atoms with Gasteiger partial charge in [-0.3, -0.25) is 4.79 Å². The van der Waals surface area contributed by atoms with Gasteiger partial charge in [0.05, 0.1) is 5.60 Å². The average molecular weight is 166 g/mol. The summed E-state index contributed by atoms with van der Waals surface area (Å²) in [6.45, 7) is 1.86. The summed E-state index contributed by atoms with van der Waals surface area (Å²) in [6, 6.07) is 0. The number of hydrogen-bond donors (Lipinski definition) is 1. The highest BCUT2D eigenvalue weighted by Gasteiger charge is 2.38. The molecule has 0 bridgehead atoms. The van der Waals surface area contributed by atoms with Crippen LogP contribution in [0, 0.1) is 5.92 Å². The smallest absolute Gasteiger partial charge is 0.155 e. The molecule has 0 aromatic carbocycles. The SMILES string of the molecule is CC1(O)CC2=CC(=O)CCC2C1. The number of hydrogen-bond acceptors (Lipinski definition) is 2. The Kier molecular flexibility index (Phi) is 1.62. The van der Waals surface area contributed by atoms with Gasteiger partial charge < -0.3 is 5.11 Å². The van der Waals surface area contributed by atoms with Gasteiger partial charge in [-0.25, -0.2) is 0 Å². The van der Waals surface area contributed by atoms with Gasteiger partial charge in [0.15, 0.2) is 5.78 Å². The van der Waals surface area contributed by atoms with Gasteiger partial charge in [0.1, 0.15) is 0 Å². The molecule has 2 aliphatic carbocycles. The zero-order valence-electron chi connectivity index (χ0n) is 7.34. The molecule has 1 saturated carbocycles. The van der Waals surface area contributed by atoms with Crippen molar-refractivity contribution >= 4 is 5.78 Å². The summed E-state index contributed by atoms with van der Waals surface area (Å²) in [7, 11) is 0. The lowest BCUT2D eigenvalue weighted by atomic mass is 9.89. The molecule has 0 spiro atoms. The molecule has 66 valence electrons. The summed E-state index contributed by atoms with van der Waals surface area (Å²) in [5, 5.41) is 9.76. The van der Waals surface area contributed by atoms with E-state index in [-0.39, 0.29) is 5.78 Å². The van der Waals surface area contributed by atoms with Crippen molar-refractivity contribution in [2.24, 2.45) is 5.92 Å². The first-order chi connectivity index (χ1) is 5.57. The Morgan fingerprint density at radius 3 is 3.17 bits per heavy atom. The van der Waals surface area contributed by atoms with Crippen molar-refractivity contribution < 1.29 is 9.90 Å². The van der Waals surface area contributed by atoms with Gasteiger partial charge in [-0.1, -0.05) is 5.57 Å². The summed E-state index contributed by atoms with van der Waals surface area (Å²) in [4.78, 5) is 11.1. The molecule has 2 rings (SSSR count). The Morgan fingerprint density at radius 2 is 2.42 bits per heavy atom. The second-order valence-corrected chi connectivity index (χ2v) is 4.30. The first kappa shape index (κ1) is 7.99. The van der Waals surface area contributed by atoms with Gasteiger partial charge in [-0.15, -0.1) is 0 Å². The van der Waals surface area contributed by atoms with Gasteiger partial charge in [0.25, 0.3) is 0 Å². The van der Waals surface area contributed by atoms with E-state index >= 15 is 0 Å². The van der Waals surface area contributed by atoms with E-state index in [2.05, 4.69) is 0 Å². The quantitative estimate of drug-likeness (QED) is 0.591. The molecule has 2 nitrogen and oxygen atoms in total. The molecule has 1 N–H and O–H groups in total. The number of carbonyl (C=O) groups is 1. The maximum atomic E-state index is 11.1. The van der Waals surface area contributed by atoms with Crippen molar-refractivity contribution in [1.29, 1.82) is 0 Å². The fourth-order valence-electron chi connectivity index (χ4n) is 2.37. The average Bonchev–Trinajstić information content (AvgIpc) is 2.21. The summed E-state index contributed by atoms with van der Waals surface area (Å²) in [5.41, 5.74) is 0.623. The number of ketones is 1. The van der Waals surface area contributed by atoms with E-state index in [0.29, 0.717) is 18.8 Å². The molecule has 2 aliphatic rings. The maximum Gasteiger partial charge on any atom is 0.155 e. The standard InChI is InChI=1S/C10H14O2/c1-10(12)5-7-2-3-9(11)4-8(7)6-10/h4,7,12H,2-3,5-6H2,1H3. The molecule has 0 heterocycles. The molecule has 2 unspecified atom stereocenters. The zero-order chi connectivity index (χ0) is 8.77. The molecule has 0 aliphatic heterocycles. The minimum Gasteiger partial charge on any atom is -0.390 e. The number of fused-ring (bicyclic) bond motifs is 1. The van der Waals surface area contributed by atoms with Crippen molar-refractivity contribution in [3.8, 4) is 0 Å². The Labute approximate surface area is 72.3 Å². The van der Waals surface area contributed by atoms with Crippen LogP contribution in [0.15, 0.2) is 11.6 Å².